The summed E-state index contributed by atoms with van der Waals surface area (Å²) >= 11 is 5.78. The second-order valence-corrected chi connectivity index (χ2v) is 13.1. The summed E-state index contributed by atoms with van der Waals surface area (Å²) in [5.74, 6) is 1.79. The fraction of sp³-hybridized carbons (Fsp3) is 0.462. The van der Waals surface area contributed by atoms with Gasteiger partial charge in [-0.15, -0.1) is 11.3 Å². The van der Waals surface area contributed by atoms with E-state index >= 15 is 0 Å². The highest BCUT2D eigenvalue weighted by atomic mass is 79.9. The van der Waals surface area contributed by atoms with Gasteiger partial charge < -0.3 is 5.32 Å². The van der Waals surface area contributed by atoms with Crippen LogP contribution in [0.2, 0.25) is 0 Å². The van der Waals surface area contributed by atoms with Crippen molar-refractivity contribution in [3.8, 4) is 10.6 Å². The van der Waals surface area contributed by atoms with E-state index in [0.717, 1.165) is 40.0 Å². The number of rotatable bonds is 4. The van der Waals surface area contributed by atoms with Crippen molar-refractivity contribution in [2.75, 3.05) is 5.32 Å². The third-order valence-corrected chi connectivity index (χ3v) is 9.60. The maximum absolute atomic E-state index is 13.0. The lowest BCUT2D eigenvalue weighted by molar-refractivity contribution is -0.123. The van der Waals surface area contributed by atoms with Gasteiger partial charge in [0.1, 0.15) is 5.01 Å². The number of amides is 1. The van der Waals surface area contributed by atoms with Crippen LogP contribution < -0.4 is 5.32 Å². The lowest BCUT2D eigenvalue weighted by Crippen LogP contribution is -2.53. The third-order valence-electron chi connectivity index (χ3n) is 7.61. The molecule has 0 saturated heterocycles. The molecule has 2 unspecified atom stereocenters. The first-order chi connectivity index (χ1) is 14.9. The number of carbonyl (C=O) groups excluding carboxylic acids is 1. The van der Waals surface area contributed by atoms with Crippen molar-refractivity contribution in [3.05, 3.63) is 48.0 Å². The maximum atomic E-state index is 13.0. The molecule has 4 bridgehead atoms. The predicted octanol–water partition coefficient (Wildman–Crippen LogP) is 7.33. The van der Waals surface area contributed by atoms with Crippen molar-refractivity contribution in [1.29, 1.82) is 0 Å². The Morgan fingerprint density at radius 1 is 1.13 bits per heavy atom. The second-order valence-electron chi connectivity index (χ2n) is 10.4. The Kier molecular flexibility index (Phi) is 4.59. The SMILES string of the molecule is Cc1ccc2nc(-c3ccc(NC(=O)CC45C[C@@H]6C[C@@H](CC(Br)(C6)C4)C5)cc3)sc2c1. The average molecular weight is 495 g/mol. The van der Waals surface area contributed by atoms with Crippen molar-refractivity contribution in [1.82, 2.24) is 4.98 Å². The Balaban J connectivity index is 1.15. The molecule has 4 saturated carbocycles. The summed E-state index contributed by atoms with van der Waals surface area (Å²) in [6, 6.07) is 14.5. The predicted molar refractivity (Wildman–Crippen MR) is 132 cm³/mol. The van der Waals surface area contributed by atoms with E-state index in [1.807, 2.05) is 12.1 Å². The van der Waals surface area contributed by atoms with Gasteiger partial charge in [-0.3, -0.25) is 4.79 Å². The average Bonchev–Trinajstić information content (AvgIpc) is 3.09. The van der Waals surface area contributed by atoms with Gasteiger partial charge in [-0.25, -0.2) is 4.98 Å². The number of thiazole rings is 1. The van der Waals surface area contributed by atoms with Crippen molar-refractivity contribution < 1.29 is 4.79 Å². The number of fused-ring (bicyclic) bond motifs is 1. The molecule has 160 valence electrons. The Hall–Kier alpha value is -1.72. The molecule has 1 aromatic heterocycles. The monoisotopic (exact) mass is 494 g/mol. The lowest BCUT2D eigenvalue weighted by Gasteiger charge is -2.60. The standard InChI is InChI=1S/C26H27BrN2OS/c1-16-2-7-21-22(8-16)31-24(29-21)19-3-5-20(6-4-19)28-23(30)14-25-10-17-9-18(11-25)13-26(27,12-17)15-25/h2-8,17-18H,9-15H2,1H3,(H,28,30)/t17-,18+,25?,26?. The number of carbonyl (C=O) groups is 1. The van der Waals surface area contributed by atoms with Gasteiger partial charge in [0.2, 0.25) is 5.91 Å². The Morgan fingerprint density at radius 3 is 2.58 bits per heavy atom. The van der Waals surface area contributed by atoms with Gasteiger partial charge in [0, 0.05) is 22.0 Å². The molecule has 0 aliphatic heterocycles. The van der Waals surface area contributed by atoms with Crippen LogP contribution in [0.3, 0.4) is 0 Å². The summed E-state index contributed by atoms with van der Waals surface area (Å²) in [7, 11) is 0. The smallest absolute Gasteiger partial charge is 0.224 e. The van der Waals surface area contributed by atoms with Crippen molar-refractivity contribution in [2.45, 2.75) is 56.2 Å². The van der Waals surface area contributed by atoms with E-state index in [0.29, 0.717) is 10.7 Å². The van der Waals surface area contributed by atoms with Gasteiger partial charge in [0.15, 0.2) is 0 Å². The maximum Gasteiger partial charge on any atom is 0.224 e. The van der Waals surface area contributed by atoms with Crippen LogP contribution in [0.15, 0.2) is 42.5 Å². The molecule has 5 heteroatoms. The molecule has 4 atom stereocenters. The van der Waals surface area contributed by atoms with Crippen molar-refractivity contribution in [3.63, 3.8) is 0 Å². The molecular formula is C26H27BrN2OS. The molecule has 1 N–H and O–H groups in total. The van der Waals surface area contributed by atoms with E-state index < -0.39 is 0 Å². The quantitative estimate of drug-likeness (QED) is 0.385. The van der Waals surface area contributed by atoms with E-state index in [2.05, 4.69) is 58.5 Å². The summed E-state index contributed by atoms with van der Waals surface area (Å²) in [6.45, 7) is 2.11. The zero-order valence-electron chi connectivity index (χ0n) is 17.8. The number of nitrogens with zero attached hydrogens (tertiary/aromatic N) is 1. The number of nitrogens with one attached hydrogen (secondary N) is 1. The first-order valence-electron chi connectivity index (χ1n) is 11.3. The van der Waals surface area contributed by atoms with Crippen molar-refractivity contribution >= 4 is 49.1 Å². The number of aryl methyl sites for hydroxylation is 1. The third kappa shape index (κ3) is 3.74. The molecule has 0 spiro atoms. The molecule has 3 nitrogen and oxygen atoms in total. The first-order valence-corrected chi connectivity index (χ1v) is 12.9. The van der Waals surface area contributed by atoms with Gasteiger partial charge in [-0.2, -0.15) is 0 Å². The van der Waals surface area contributed by atoms with Crippen LogP contribution >= 0.6 is 27.3 Å². The van der Waals surface area contributed by atoms with Gasteiger partial charge >= 0.3 is 0 Å². The van der Waals surface area contributed by atoms with E-state index in [1.165, 1.54) is 42.4 Å². The molecule has 4 aliphatic carbocycles. The van der Waals surface area contributed by atoms with Gasteiger partial charge in [-0.1, -0.05) is 22.0 Å². The van der Waals surface area contributed by atoms with Crippen LogP contribution in [0.4, 0.5) is 5.69 Å². The van der Waals surface area contributed by atoms with E-state index in [1.54, 1.807) is 11.3 Å². The normalized spacial score (nSPS) is 31.3. The van der Waals surface area contributed by atoms with Crippen molar-refractivity contribution in [2.24, 2.45) is 17.3 Å². The highest BCUT2D eigenvalue weighted by molar-refractivity contribution is 9.10. The number of anilines is 1. The fourth-order valence-electron chi connectivity index (χ4n) is 6.94. The second kappa shape index (κ2) is 7.14. The minimum Gasteiger partial charge on any atom is -0.326 e. The summed E-state index contributed by atoms with van der Waals surface area (Å²) in [6.07, 6.45) is 8.28. The number of benzene rings is 2. The number of aromatic nitrogens is 1. The topological polar surface area (TPSA) is 42.0 Å². The van der Waals surface area contributed by atoms with E-state index in [-0.39, 0.29) is 11.3 Å². The van der Waals surface area contributed by atoms with E-state index in [4.69, 9.17) is 4.98 Å². The van der Waals surface area contributed by atoms with Crippen LogP contribution in [-0.2, 0) is 4.79 Å². The van der Waals surface area contributed by atoms with Crippen LogP contribution in [0.5, 0.6) is 0 Å². The first kappa shape index (κ1) is 19.9. The molecule has 3 aromatic rings. The molecule has 31 heavy (non-hydrogen) atoms. The number of hydrogen-bond acceptors (Lipinski definition) is 3. The molecular weight excluding hydrogens is 468 g/mol. The van der Waals surface area contributed by atoms with Gasteiger partial charge in [0.05, 0.1) is 10.2 Å². The molecule has 2 aromatic carbocycles. The highest BCUT2D eigenvalue weighted by Gasteiger charge is 2.57. The van der Waals surface area contributed by atoms with Gasteiger partial charge in [0.25, 0.3) is 0 Å². The Morgan fingerprint density at radius 2 is 1.87 bits per heavy atom. The fourth-order valence-corrected chi connectivity index (χ4v) is 9.52. The van der Waals surface area contributed by atoms with Crippen LogP contribution in [0.25, 0.3) is 20.8 Å². The lowest BCUT2D eigenvalue weighted by atomic mass is 9.48. The molecule has 0 radical (unpaired) electrons. The zero-order chi connectivity index (χ0) is 21.2. The largest absolute Gasteiger partial charge is 0.326 e. The Bertz CT molecular complexity index is 1150. The minimum atomic E-state index is 0.168. The molecule has 7 rings (SSSR count). The number of hydrogen-bond donors (Lipinski definition) is 1. The molecule has 4 fully saturated rings. The number of halogens is 1. The minimum absolute atomic E-state index is 0.168. The Labute approximate surface area is 195 Å². The van der Waals surface area contributed by atoms with E-state index in [9.17, 15) is 4.79 Å². The number of alkyl halides is 1. The zero-order valence-corrected chi connectivity index (χ0v) is 20.2. The van der Waals surface area contributed by atoms with Gasteiger partial charge in [-0.05, 0) is 105 Å². The highest BCUT2D eigenvalue weighted by Crippen LogP contribution is 2.65. The molecule has 1 heterocycles. The summed E-state index contributed by atoms with van der Waals surface area (Å²) in [5, 5.41) is 4.19. The summed E-state index contributed by atoms with van der Waals surface area (Å²) < 4.78 is 1.52. The molecule has 1 amide bonds. The molecule has 4 aliphatic rings. The summed E-state index contributed by atoms with van der Waals surface area (Å²) in [5.41, 5.74) is 4.48. The van der Waals surface area contributed by atoms with Crippen LogP contribution in [0.1, 0.15) is 50.5 Å². The van der Waals surface area contributed by atoms with Crippen LogP contribution in [0, 0.1) is 24.2 Å². The summed E-state index contributed by atoms with van der Waals surface area (Å²) in [4.78, 5) is 17.7. The van der Waals surface area contributed by atoms with Crippen LogP contribution in [-0.4, -0.2) is 15.2 Å².